The molecule has 1 fully saturated rings. The zero-order valence-corrected chi connectivity index (χ0v) is 18.0. The Bertz CT molecular complexity index is 459. The van der Waals surface area contributed by atoms with Crippen molar-refractivity contribution in [1.82, 2.24) is 10.0 Å². The van der Waals surface area contributed by atoms with Crippen molar-refractivity contribution in [3.05, 3.63) is 0 Å². The summed E-state index contributed by atoms with van der Waals surface area (Å²) in [5.41, 5.74) is -0.514. The zero-order valence-electron chi connectivity index (χ0n) is 18.0. The van der Waals surface area contributed by atoms with E-state index in [1.807, 2.05) is 32.7 Å². The van der Waals surface area contributed by atoms with Crippen LogP contribution in [0.2, 0.25) is 0 Å². The molecule has 0 aromatic rings. The van der Waals surface area contributed by atoms with Crippen molar-refractivity contribution in [1.29, 1.82) is 0 Å². The highest BCUT2D eigenvalue weighted by Gasteiger charge is 2.35. The normalized spacial score (nSPS) is 22.7. The maximum atomic E-state index is 13.0. The molecule has 0 N–H and O–H groups in total. The third-order valence-corrected chi connectivity index (χ3v) is 5.09. The summed E-state index contributed by atoms with van der Waals surface area (Å²) in [6.45, 7) is 15.7. The Balaban J connectivity index is 2.90. The molecule has 1 amide bonds. The molecule has 5 heteroatoms. The first-order valence-electron chi connectivity index (χ1n) is 10.4. The van der Waals surface area contributed by atoms with Gasteiger partial charge in [-0.05, 0) is 58.3 Å². The van der Waals surface area contributed by atoms with Gasteiger partial charge in [-0.15, -0.1) is 0 Å². The van der Waals surface area contributed by atoms with Crippen molar-refractivity contribution in [2.75, 3.05) is 13.1 Å². The first-order chi connectivity index (χ1) is 12.1. The molecule has 0 spiro atoms. The first-order valence-corrected chi connectivity index (χ1v) is 10.4. The minimum atomic E-state index is -0.514. The predicted octanol–water partition coefficient (Wildman–Crippen LogP) is 5.04. The van der Waals surface area contributed by atoms with Gasteiger partial charge < -0.3 is 4.74 Å². The Hall–Kier alpha value is -1.10. The van der Waals surface area contributed by atoms with E-state index in [9.17, 15) is 9.59 Å². The number of hydrogen-bond donors (Lipinski definition) is 0. The summed E-state index contributed by atoms with van der Waals surface area (Å²) in [4.78, 5) is 24.6. The van der Waals surface area contributed by atoms with Crippen LogP contribution in [-0.2, 0) is 9.53 Å². The van der Waals surface area contributed by atoms with Crippen molar-refractivity contribution in [3.63, 3.8) is 0 Å². The molecule has 1 aliphatic heterocycles. The van der Waals surface area contributed by atoms with Gasteiger partial charge in [-0.25, -0.2) is 14.8 Å². The van der Waals surface area contributed by atoms with Crippen LogP contribution in [0.15, 0.2) is 0 Å². The standard InChI is InChI=1S/C21H40N2O3/c1-8-18-12-10-16(3)14-22(18)23(20(25)26-21(5,6)7)15-17(4)11-13-19(24)9-2/h16-18H,8-15H2,1-7H3/t16-,17-,18?/m0/s1. The molecule has 0 saturated carbocycles. The van der Waals surface area contributed by atoms with E-state index in [1.165, 1.54) is 6.42 Å². The van der Waals surface area contributed by atoms with E-state index < -0.39 is 5.60 Å². The number of ketones is 1. The van der Waals surface area contributed by atoms with Crippen LogP contribution in [0, 0.1) is 11.8 Å². The summed E-state index contributed by atoms with van der Waals surface area (Å²) in [7, 11) is 0. The van der Waals surface area contributed by atoms with Crippen LogP contribution < -0.4 is 0 Å². The summed E-state index contributed by atoms with van der Waals surface area (Å²) in [5, 5.41) is 4.07. The van der Waals surface area contributed by atoms with Crippen molar-refractivity contribution in [3.8, 4) is 0 Å². The molecule has 1 aliphatic rings. The van der Waals surface area contributed by atoms with E-state index in [4.69, 9.17) is 4.74 Å². The van der Waals surface area contributed by atoms with Crippen molar-refractivity contribution >= 4 is 11.9 Å². The Labute approximate surface area is 160 Å². The second-order valence-electron chi connectivity index (χ2n) is 8.97. The number of ether oxygens (including phenoxy) is 1. The van der Waals surface area contributed by atoms with E-state index in [0.29, 0.717) is 37.1 Å². The first kappa shape index (κ1) is 22.9. The van der Waals surface area contributed by atoms with Gasteiger partial charge in [-0.1, -0.05) is 27.7 Å². The SMILES string of the molecule is CCC(=O)CC[C@H](C)CN(C(=O)OC(C)(C)C)N1C[C@@H](C)CCC1CC. The highest BCUT2D eigenvalue weighted by Crippen LogP contribution is 2.27. The van der Waals surface area contributed by atoms with Gasteiger partial charge in [-0.3, -0.25) is 4.79 Å². The van der Waals surface area contributed by atoms with Gasteiger partial charge >= 0.3 is 6.09 Å². The number of carbonyl (C=O) groups is 2. The lowest BCUT2D eigenvalue weighted by atomic mass is 9.94. The summed E-state index contributed by atoms with van der Waals surface area (Å²) >= 11 is 0. The molecule has 0 aromatic heterocycles. The molecule has 152 valence electrons. The fraction of sp³-hybridized carbons (Fsp3) is 0.905. The van der Waals surface area contributed by atoms with Crippen molar-refractivity contribution < 1.29 is 14.3 Å². The predicted molar refractivity (Wildman–Crippen MR) is 106 cm³/mol. The highest BCUT2D eigenvalue weighted by molar-refractivity contribution is 5.77. The fourth-order valence-corrected chi connectivity index (χ4v) is 3.47. The Morgan fingerprint density at radius 3 is 2.42 bits per heavy atom. The molecular formula is C21H40N2O3. The lowest BCUT2D eigenvalue weighted by Gasteiger charge is -2.45. The Morgan fingerprint density at radius 2 is 1.88 bits per heavy atom. The molecule has 0 aliphatic carbocycles. The lowest BCUT2D eigenvalue weighted by molar-refractivity contribution is -0.119. The minimum Gasteiger partial charge on any atom is -0.443 e. The summed E-state index contributed by atoms with van der Waals surface area (Å²) < 4.78 is 5.71. The van der Waals surface area contributed by atoms with Gasteiger partial charge in [0, 0.05) is 32.0 Å². The average molecular weight is 369 g/mol. The van der Waals surface area contributed by atoms with Gasteiger partial charge in [0.2, 0.25) is 0 Å². The summed E-state index contributed by atoms with van der Waals surface area (Å²) in [6.07, 6.45) is 5.06. The van der Waals surface area contributed by atoms with Crippen molar-refractivity contribution in [2.24, 2.45) is 11.8 Å². The molecule has 1 unspecified atom stereocenters. The quantitative estimate of drug-likeness (QED) is 0.602. The third kappa shape index (κ3) is 7.65. The largest absolute Gasteiger partial charge is 0.443 e. The molecule has 0 aromatic carbocycles. The Morgan fingerprint density at radius 1 is 1.23 bits per heavy atom. The fourth-order valence-electron chi connectivity index (χ4n) is 3.47. The second-order valence-corrected chi connectivity index (χ2v) is 8.97. The summed E-state index contributed by atoms with van der Waals surface area (Å²) in [5.74, 6) is 1.12. The number of rotatable bonds is 8. The second kappa shape index (κ2) is 10.3. The van der Waals surface area contributed by atoms with E-state index in [0.717, 1.165) is 25.8 Å². The van der Waals surface area contributed by atoms with E-state index in [2.05, 4.69) is 25.8 Å². The summed E-state index contributed by atoms with van der Waals surface area (Å²) in [6, 6.07) is 0.378. The third-order valence-electron chi connectivity index (χ3n) is 5.09. The molecule has 1 saturated heterocycles. The van der Waals surface area contributed by atoms with Gasteiger partial charge in [-0.2, -0.15) is 0 Å². The maximum Gasteiger partial charge on any atom is 0.424 e. The van der Waals surface area contributed by atoms with Crippen molar-refractivity contribution in [2.45, 2.75) is 98.6 Å². The molecule has 5 nitrogen and oxygen atoms in total. The van der Waals surface area contributed by atoms with Crippen LogP contribution in [0.3, 0.4) is 0 Å². The Kier molecular flexibility index (Phi) is 9.08. The minimum absolute atomic E-state index is 0.257. The number of amides is 1. The van der Waals surface area contributed by atoms with E-state index in [1.54, 1.807) is 0 Å². The number of hydrogen-bond acceptors (Lipinski definition) is 4. The molecule has 3 atom stereocenters. The molecule has 0 radical (unpaired) electrons. The van der Waals surface area contributed by atoms with Gasteiger partial charge in [0.25, 0.3) is 0 Å². The smallest absolute Gasteiger partial charge is 0.424 e. The number of piperidine rings is 1. The number of carbonyl (C=O) groups excluding carboxylic acids is 2. The average Bonchev–Trinajstić information content (AvgIpc) is 2.55. The van der Waals surface area contributed by atoms with Crippen LogP contribution in [0.25, 0.3) is 0 Å². The molecular weight excluding hydrogens is 328 g/mol. The molecule has 1 rings (SSSR count). The molecule has 26 heavy (non-hydrogen) atoms. The number of hydrazine groups is 1. The zero-order chi connectivity index (χ0) is 19.9. The molecule has 0 bridgehead atoms. The number of Topliss-reactive ketones (excluding diaryl/α,β-unsaturated/α-hetero) is 1. The van der Waals surface area contributed by atoms with Crippen LogP contribution in [0.1, 0.15) is 87.0 Å². The van der Waals surface area contributed by atoms with E-state index >= 15 is 0 Å². The van der Waals surface area contributed by atoms with Crippen LogP contribution in [0.5, 0.6) is 0 Å². The van der Waals surface area contributed by atoms with Gasteiger partial charge in [0.05, 0.1) is 0 Å². The lowest BCUT2D eigenvalue weighted by Crippen LogP contribution is -2.57. The van der Waals surface area contributed by atoms with E-state index in [-0.39, 0.29) is 12.0 Å². The van der Waals surface area contributed by atoms with Gasteiger partial charge in [0.1, 0.15) is 11.4 Å². The topological polar surface area (TPSA) is 49.9 Å². The highest BCUT2D eigenvalue weighted by atomic mass is 16.6. The van der Waals surface area contributed by atoms with Crippen LogP contribution in [-0.4, -0.2) is 46.6 Å². The monoisotopic (exact) mass is 368 g/mol. The number of nitrogens with zero attached hydrogens (tertiary/aromatic N) is 2. The molecule has 1 heterocycles. The van der Waals surface area contributed by atoms with Gasteiger partial charge in [0.15, 0.2) is 0 Å². The maximum absolute atomic E-state index is 13.0. The van der Waals surface area contributed by atoms with Crippen LogP contribution >= 0.6 is 0 Å². The van der Waals surface area contributed by atoms with Crippen LogP contribution in [0.4, 0.5) is 4.79 Å².